The van der Waals surface area contributed by atoms with Crippen molar-refractivity contribution in [2.75, 3.05) is 6.61 Å². The first-order valence-electron chi connectivity index (χ1n) is 4.10. The zero-order valence-electron chi connectivity index (χ0n) is 7.49. The van der Waals surface area contributed by atoms with E-state index in [0.29, 0.717) is 0 Å². The van der Waals surface area contributed by atoms with Gasteiger partial charge in [-0.1, -0.05) is 18.2 Å². The molecule has 1 aromatic carbocycles. The lowest BCUT2D eigenvalue weighted by Crippen LogP contribution is -1.85. The second kappa shape index (κ2) is 4.50. The molecule has 1 N–H and O–H groups in total. The molecule has 0 amide bonds. The van der Waals surface area contributed by atoms with Gasteiger partial charge < -0.3 is 9.84 Å². The van der Waals surface area contributed by atoms with Crippen molar-refractivity contribution in [1.29, 1.82) is 0 Å². The number of para-hydroxylation sites is 1. The summed E-state index contributed by atoms with van der Waals surface area (Å²) in [7, 11) is 0. The zero-order chi connectivity index (χ0) is 9.68. The van der Waals surface area contributed by atoms with Crippen LogP contribution in [0.5, 0.6) is 5.75 Å². The molecule has 0 saturated heterocycles. The molecule has 0 bridgehead atoms. The number of ether oxygens (including phenoxy) is 1. The maximum atomic E-state index is 9.00. The molecule has 0 aromatic heterocycles. The second-order valence-electron chi connectivity index (χ2n) is 2.73. The number of fused-ring (bicyclic) bond motifs is 1. The molecule has 1 aromatic rings. The summed E-state index contributed by atoms with van der Waals surface area (Å²) in [4.78, 5) is 9.00. The third kappa shape index (κ3) is 3.15. The number of hydrogen-bond donors (Lipinski definition) is 1. The minimum atomic E-state index is -0.833. The molecule has 0 unspecified atom stereocenters. The van der Waals surface area contributed by atoms with Crippen molar-refractivity contribution in [3.05, 3.63) is 29.8 Å². The van der Waals surface area contributed by atoms with Gasteiger partial charge in [0.2, 0.25) is 0 Å². The van der Waals surface area contributed by atoms with Gasteiger partial charge in [0.1, 0.15) is 5.75 Å². The Morgan fingerprint density at radius 1 is 1.46 bits per heavy atom. The molecular weight excluding hydrogens is 168 g/mol. The van der Waals surface area contributed by atoms with Crippen molar-refractivity contribution in [3.8, 4) is 5.75 Å². The van der Waals surface area contributed by atoms with E-state index < -0.39 is 5.97 Å². The topological polar surface area (TPSA) is 46.5 Å². The molecule has 3 nitrogen and oxygen atoms in total. The second-order valence-corrected chi connectivity index (χ2v) is 2.73. The van der Waals surface area contributed by atoms with Gasteiger partial charge in [0.05, 0.1) is 6.61 Å². The normalized spacial score (nSPS) is 12.1. The first kappa shape index (κ1) is 9.58. The highest BCUT2D eigenvalue weighted by atomic mass is 16.5. The Kier molecular flexibility index (Phi) is 3.31. The van der Waals surface area contributed by atoms with Gasteiger partial charge in [0, 0.05) is 13.3 Å². The molecule has 0 radical (unpaired) electrons. The summed E-state index contributed by atoms with van der Waals surface area (Å²) in [6.45, 7) is 1.94. The van der Waals surface area contributed by atoms with E-state index in [-0.39, 0.29) is 0 Å². The van der Waals surface area contributed by atoms with Gasteiger partial charge in [-0.3, -0.25) is 4.79 Å². The van der Waals surface area contributed by atoms with Gasteiger partial charge in [0.25, 0.3) is 5.97 Å². The number of hydrogen-bond acceptors (Lipinski definition) is 2. The number of carbonyl (C=O) groups is 1. The van der Waals surface area contributed by atoms with Crippen LogP contribution in [0.2, 0.25) is 0 Å². The molecule has 3 heteroatoms. The summed E-state index contributed by atoms with van der Waals surface area (Å²) >= 11 is 0. The van der Waals surface area contributed by atoms with E-state index >= 15 is 0 Å². The lowest BCUT2D eigenvalue weighted by molar-refractivity contribution is -0.134. The van der Waals surface area contributed by atoms with E-state index in [1.165, 1.54) is 5.56 Å². The number of carboxylic acids is 1. The molecule has 1 aliphatic rings. The summed E-state index contributed by atoms with van der Waals surface area (Å²) in [5.41, 5.74) is 1.34. The minimum absolute atomic E-state index is 0.833. The van der Waals surface area contributed by atoms with Crippen LogP contribution in [0.4, 0.5) is 0 Å². The molecule has 1 aliphatic heterocycles. The van der Waals surface area contributed by atoms with Crippen LogP contribution >= 0.6 is 0 Å². The largest absolute Gasteiger partial charge is 0.493 e. The van der Waals surface area contributed by atoms with Crippen molar-refractivity contribution >= 4 is 5.97 Å². The van der Waals surface area contributed by atoms with Crippen LogP contribution in [-0.4, -0.2) is 17.7 Å². The maximum Gasteiger partial charge on any atom is 0.300 e. The summed E-state index contributed by atoms with van der Waals surface area (Å²) < 4.78 is 5.30. The Balaban J connectivity index is 0.000000184. The average molecular weight is 180 g/mol. The molecule has 0 spiro atoms. The van der Waals surface area contributed by atoms with Crippen LogP contribution in [0.1, 0.15) is 12.5 Å². The van der Waals surface area contributed by atoms with Gasteiger partial charge >= 0.3 is 0 Å². The van der Waals surface area contributed by atoms with Crippen molar-refractivity contribution in [2.45, 2.75) is 13.3 Å². The Bertz CT molecular complexity index is 267. The Morgan fingerprint density at radius 3 is 2.69 bits per heavy atom. The molecule has 70 valence electrons. The SMILES string of the molecule is CC(=O)O.c1ccc2c(c1)CCO2. The molecule has 0 aliphatic carbocycles. The highest BCUT2D eigenvalue weighted by Crippen LogP contribution is 2.23. The standard InChI is InChI=1S/C8H8O.C2H4O2/c1-2-4-8-7(3-1)5-6-9-8;1-2(3)4/h1-4H,5-6H2;1H3,(H,3,4). The monoisotopic (exact) mass is 180 g/mol. The average Bonchev–Trinajstić information content (AvgIpc) is 2.49. The summed E-state index contributed by atoms with van der Waals surface area (Å²) in [5, 5.41) is 7.42. The van der Waals surface area contributed by atoms with E-state index in [2.05, 4.69) is 6.07 Å². The van der Waals surface area contributed by atoms with E-state index in [1.54, 1.807) is 0 Å². The van der Waals surface area contributed by atoms with E-state index in [9.17, 15) is 0 Å². The van der Waals surface area contributed by atoms with Crippen LogP contribution < -0.4 is 4.74 Å². The fourth-order valence-corrected chi connectivity index (χ4v) is 1.12. The van der Waals surface area contributed by atoms with Crippen LogP contribution in [0.3, 0.4) is 0 Å². The fraction of sp³-hybridized carbons (Fsp3) is 0.300. The summed E-state index contributed by atoms with van der Waals surface area (Å²) in [6.07, 6.45) is 1.08. The predicted octanol–water partition coefficient (Wildman–Crippen LogP) is 1.71. The van der Waals surface area contributed by atoms with Gasteiger partial charge in [-0.15, -0.1) is 0 Å². The molecular formula is C10H12O3. The number of aliphatic carboxylic acids is 1. The maximum absolute atomic E-state index is 9.00. The number of rotatable bonds is 0. The van der Waals surface area contributed by atoms with E-state index in [4.69, 9.17) is 14.6 Å². The Hall–Kier alpha value is -1.51. The lowest BCUT2D eigenvalue weighted by Gasteiger charge is -1.93. The highest BCUT2D eigenvalue weighted by Gasteiger charge is 2.08. The molecule has 2 rings (SSSR count). The Morgan fingerprint density at radius 2 is 2.08 bits per heavy atom. The molecule has 0 atom stereocenters. The number of benzene rings is 1. The van der Waals surface area contributed by atoms with Crippen molar-refractivity contribution in [1.82, 2.24) is 0 Å². The first-order valence-corrected chi connectivity index (χ1v) is 4.10. The smallest absolute Gasteiger partial charge is 0.300 e. The molecule has 0 fully saturated rings. The molecule has 13 heavy (non-hydrogen) atoms. The van der Waals surface area contributed by atoms with Crippen LogP contribution in [-0.2, 0) is 11.2 Å². The highest BCUT2D eigenvalue weighted by molar-refractivity contribution is 5.62. The molecule has 1 heterocycles. The third-order valence-corrected chi connectivity index (χ3v) is 1.60. The molecule has 0 saturated carbocycles. The zero-order valence-corrected chi connectivity index (χ0v) is 7.49. The number of carboxylic acid groups (broad SMARTS) is 1. The van der Waals surface area contributed by atoms with Gasteiger partial charge in [-0.25, -0.2) is 0 Å². The predicted molar refractivity (Wildman–Crippen MR) is 49.0 cm³/mol. The lowest BCUT2D eigenvalue weighted by atomic mass is 10.2. The van der Waals surface area contributed by atoms with Crippen LogP contribution in [0.15, 0.2) is 24.3 Å². The summed E-state index contributed by atoms with van der Waals surface area (Å²) in [5.74, 6) is 0.234. The van der Waals surface area contributed by atoms with Crippen LogP contribution in [0, 0.1) is 0 Å². The van der Waals surface area contributed by atoms with Gasteiger partial charge in [-0.2, -0.15) is 0 Å². The fourth-order valence-electron chi connectivity index (χ4n) is 1.12. The van der Waals surface area contributed by atoms with Crippen molar-refractivity contribution < 1.29 is 14.6 Å². The van der Waals surface area contributed by atoms with E-state index in [1.807, 2.05) is 18.2 Å². The van der Waals surface area contributed by atoms with Gasteiger partial charge in [0.15, 0.2) is 0 Å². The quantitative estimate of drug-likeness (QED) is 0.661. The Labute approximate surface area is 77.0 Å². The summed E-state index contributed by atoms with van der Waals surface area (Å²) in [6, 6.07) is 8.18. The van der Waals surface area contributed by atoms with E-state index in [0.717, 1.165) is 25.7 Å². The van der Waals surface area contributed by atoms with Crippen molar-refractivity contribution in [2.24, 2.45) is 0 Å². The first-order chi connectivity index (χ1) is 6.20. The minimum Gasteiger partial charge on any atom is -0.493 e. The van der Waals surface area contributed by atoms with Crippen LogP contribution in [0.25, 0.3) is 0 Å². The third-order valence-electron chi connectivity index (χ3n) is 1.60. The van der Waals surface area contributed by atoms with Gasteiger partial charge in [-0.05, 0) is 11.6 Å². The van der Waals surface area contributed by atoms with Crippen molar-refractivity contribution in [3.63, 3.8) is 0 Å².